The largest absolute Gasteiger partial charge is 0.478 e. The first-order valence-corrected chi connectivity index (χ1v) is 5.14. The van der Waals surface area contributed by atoms with Gasteiger partial charge in [0.1, 0.15) is 0 Å². The number of nitrogens with one attached hydrogen (secondary N) is 1. The third kappa shape index (κ3) is 1.98. The highest BCUT2D eigenvalue weighted by Crippen LogP contribution is 2.20. The van der Waals surface area contributed by atoms with Crippen LogP contribution >= 0.6 is 0 Å². The molecule has 0 bridgehead atoms. The lowest BCUT2D eigenvalue weighted by atomic mass is 10.1. The molecule has 1 heterocycles. The number of aromatic amines is 1. The van der Waals surface area contributed by atoms with Gasteiger partial charge in [0.15, 0.2) is 0 Å². The van der Waals surface area contributed by atoms with Crippen LogP contribution in [-0.4, -0.2) is 16.1 Å². The quantitative estimate of drug-likeness (QED) is 0.770. The minimum Gasteiger partial charge on any atom is -0.478 e. The van der Waals surface area contributed by atoms with Gasteiger partial charge in [0, 0.05) is 22.7 Å². The summed E-state index contributed by atoms with van der Waals surface area (Å²) in [6.45, 7) is 3.52. The number of benzene rings is 1. The number of aliphatic carboxylic acids is 1. The van der Waals surface area contributed by atoms with Crippen molar-refractivity contribution >= 4 is 16.9 Å². The number of hydrogen-bond acceptors (Lipinski definition) is 1. The Balaban J connectivity index is 2.16. The molecule has 1 aromatic heterocycles. The summed E-state index contributed by atoms with van der Waals surface area (Å²) in [6.07, 6.45) is 3.12. The van der Waals surface area contributed by atoms with E-state index in [-0.39, 0.29) is 5.57 Å². The van der Waals surface area contributed by atoms with Crippen molar-refractivity contribution in [2.75, 3.05) is 0 Å². The lowest BCUT2D eigenvalue weighted by molar-refractivity contribution is -0.132. The number of para-hydroxylation sites is 1. The molecule has 3 nitrogen and oxygen atoms in total. The molecule has 1 aromatic carbocycles. The van der Waals surface area contributed by atoms with Crippen molar-refractivity contribution in [1.82, 2.24) is 4.98 Å². The highest BCUT2D eigenvalue weighted by Gasteiger charge is 2.07. The van der Waals surface area contributed by atoms with E-state index in [4.69, 9.17) is 5.11 Å². The van der Waals surface area contributed by atoms with Gasteiger partial charge in [-0.25, -0.2) is 4.79 Å². The normalized spacial score (nSPS) is 10.5. The average molecular weight is 215 g/mol. The Morgan fingerprint density at radius 1 is 1.38 bits per heavy atom. The van der Waals surface area contributed by atoms with Crippen LogP contribution in [0.2, 0.25) is 0 Å². The Labute approximate surface area is 93.4 Å². The fraction of sp³-hybridized carbons (Fsp3) is 0.154. The van der Waals surface area contributed by atoms with Crippen molar-refractivity contribution in [2.24, 2.45) is 0 Å². The van der Waals surface area contributed by atoms with Crippen LogP contribution in [0, 0.1) is 0 Å². The molecule has 0 radical (unpaired) electrons. The fourth-order valence-electron chi connectivity index (χ4n) is 1.73. The highest BCUT2D eigenvalue weighted by atomic mass is 16.4. The van der Waals surface area contributed by atoms with Gasteiger partial charge in [-0.2, -0.15) is 0 Å². The summed E-state index contributed by atoms with van der Waals surface area (Å²) in [6, 6.07) is 7.99. The second kappa shape index (κ2) is 4.23. The first-order valence-electron chi connectivity index (χ1n) is 5.14. The molecule has 16 heavy (non-hydrogen) atoms. The van der Waals surface area contributed by atoms with Gasteiger partial charge in [0.25, 0.3) is 0 Å². The van der Waals surface area contributed by atoms with E-state index in [1.807, 2.05) is 30.5 Å². The van der Waals surface area contributed by atoms with Crippen LogP contribution in [0.25, 0.3) is 10.9 Å². The molecule has 0 fully saturated rings. The SMILES string of the molecule is C=C(CCc1c[nH]c2ccccc12)C(=O)O. The molecule has 0 aliphatic heterocycles. The van der Waals surface area contributed by atoms with Crippen molar-refractivity contribution in [3.8, 4) is 0 Å². The van der Waals surface area contributed by atoms with Crippen LogP contribution in [0.1, 0.15) is 12.0 Å². The third-order valence-corrected chi connectivity index (χ3v) is 2.67. The van der Waals surface area contributed by atoms with Crippen LogP contribution in [0.3, 0.4) is 0 Å². The number of hydrogen-bond donors (Lipinski definition) is 2. The molecule has 3 heteroatoms. The molecule has 0 aliphatic rings. The number of aryl methyl sites for hydroxylation is 1. The maximum atomic E-state index is 10.6. The molecule has 0 atom stereocenters. The van der Waals surface area contributed by atoms with Gasteiger partial charge >= 0.3 is 5.97 Å². The van der Waals surface area contributed by atoms with E-state index in [2.05, 4.69) is 11.6 Å². The van der Waals surface area contributed by atoms with Crippen LogP contribution in [0.15, 0.2) is 42.6 Å². The number of rotatable bonds is 4. The first-order chi connectivity index (χ1) is 7.68. The lowest BCUT2D eigenvalue weighted by Crippen LogP contribution is -2.00. The maximum Gasteiger partial charge on any atom is 0.330 e. The van der Waals surface area contributed by atoms with Gasteiger partial charge in [-0.1, -0.05) is 24.8 Å². The third-order valence-electron chi connectivity index (χ3n) is 2.67. The molecule has 82 valence electrons. The van der Waals surface area contributed by atoms with Gasteiger partial charge in [-0.15, -0.1) is 0 Å². The van der Waals surface area contributed by atoms with Gasteiger partial charge in [-0.3, -0.25) is 0 Å². The molecule has 0 unspecified atom stereocenters. The van der Waals surface area contributed by atoms with Crippen LogP contribution in [-0.2, 0) is 11.2 Å². The number of fused-ring (bicyclic) bond motifs is 1. The average Bonchev–Trinajstić information content (AvgIpc) is 2.69. The molecule has 2 rings (SSSR count). The molecule has 0 aliphatic carbocycles. The second-order valence-electron chi connectivity index (χ2n) is 3.77. The van der Waals surface area contributed by atoms with Crippen molar-refractivity contribution < 1.29 is 9.90 Å². The smallest absolute Gasteiger partial charge is 0.330 e. The van der Waals surface area contributed by atoms with E-state index >= 15 is 0 Å². The molecular formula is C13H13NO2. The summed E-state index contributed by atoms with van der Waals surface area (Å²) >= 11 is 0. The van der Waals surface area contributed by atoms with Gasteiger partial charge in [0.05, 0.1) is 0 Å². The first kappa shape index (κ1) is 10.5. The van der Waals surface area contributed by atoms with E-state index in [0.717, 1.165) is 16.5 Å². The molecule has 0 amide bonds. The van der Waals surface area contributed by atoms with E-state index in [9.17, 15) is 4.79 Å². The second-order valence-corrected chi connectivity index (χ2v) is 3.77. The predicted octanol–water partition coefficient (Wildman–Crippen LogP) is 2.74. The number of carboxylic acid groups (broad SMARTS) is 1. The van der Waals surface area contributed by atoms with Crippen LogP contribution < -0.4 is 0 Å². The zero-order chi connectivity index (χ0) is 11.5. The predicted molar refractivity (Wildman–Crippen MR) is 63.4 cm³/mol. The fourth-order valence-corrected chi connectivity index (χ4v) is 1.73. The summed E-state index contributed by atoms with van der Waals surface area (Å²) in [5, 5.41) is 9.87. The van der Waals surface area contributed by atoms with Crippen LogP contribution in [0.4, 0.5) is 0 Å². The minimum atomic E-state index is -0.917. The monoisotopic (exact) mass is 215 g/mol. The van der Waals surface area contributed by atoms with Crippen molar-refractivity contribution in [3.63, 3.8) is 0 Å². The molecule has 2 aromatic rings. The summed E-state index contributed by atoms with van der Waals surface area (Å²) in [4.78, 5) is 13.8. The standard InChI is InChI=1S/C13H13NO2/c1-9(13(15)16)6-7-10-8-14-12-5-3-2-4-11(10)12/h2-5,8,14H,1,6-7H2,(H,15,16). The number of carbonyl (C=O) groups is 1. The van der Waals surface area contributed by atoms with Crippen molar-refractivity contribution in [2.45, 2.75) is 12.8 Å². The Bertz CT molecular complexity index is 540. The van der Waals surface area contributed by atoms with Gasteiger partial charge in [-0.05, 0) is 24.5 Å². The van der Waals surface area contributed by atoms with E-state index in [1.165, 1.54) is 0 Å². The Morgan fingerprint density at radius 2 is 2.12 bits per heavy atom. The zero-order valence-corrected chi connectivity index (χ0v) is 8.86. The minimum absolute atomic E-state index is 0.255. The number of aromatic nitrogens is 1. The lowest BCUT2D eigenvalue weighted by Gasteiger charge is -1.99. The summed E-state index contributed by atoms with van der Waals surface area (Å²) in [5.74, 6) is -0.917. The summed E-state index contributed by atoms with van der Waals surface area (Å²) in [5.41, 5.74) is 2.47. The molecule has 0 saturated carbocycles. The molecule has 2 N–H and O–H groups in total. The van der Waals surface area contributed by atoms with E-state index in [0.29, 0.717) is 12.8 Å². The number of carboxylic acids is 1. The Hall–Kier alpha value is -2.03. The van der Waals surface area contributed by atoms with Crippen molar-refractivity contribution in [1.29, 1.82) is 0 Å². The van der Waals surface area contributed by atoms with Crippen molar-refractivity contribution in [3.05, 3.63) is 48.2 Å². The topological polar surface area (TPSA) is 53.1 Å². The van der Waals surface area contributed by atoms with Crippen LogP contribution in [0.5, 0.6) is 0 Å². The van der Waals surface area contributed by atoms with E-state index in [1.54, 1.807) is 0 Å². The van der Waals surface area contributed by atoms with Gasteiger partial charge in [0.2, 0.25) is 0 Å². The molecular weight excluding hydrogens is 202 g/mol. The molecule has 0 saturated heterocycles. The van der Waals surface area contributed by atoms with Gasteiger partial charge < -0.3 is 10.1 Å². The Kier molecular flexibility index (Phi) is 2.77. The highest BCUT2D eigenvalue weighted by molar-refractivity contribution is 5.86. The molecule has 0 spiro atoms. The Morgan fingerprint density at radius 3 is 2.88 bits per heavy atom. The number of H-pyrrole nitrogens is 1. The maximum absolute atomic E-state index is 10.6. The zero-order valence-electron chi connectivity index (χ0n) is 8.86. The summed E-state index contributed by atoms with van der Waals surface area (Å²) < 4.78 is 0. The summed E-state index contributed by atoms with van der Waals surface area (Å²) in [7, 11) is 0. The van der Waals surface area contributed by atoms with E-state index < -0.39 is 5.97 Å².